The Kier molecular flexibility index (Phi) is 7.92. The van der Waals surface area contributed by atoms with Gasteiger partial charge < -0.3 is 4.74 Å². The third-order valence-corrected chi connectivity index (χ3v) is 5.32. The molecule has 0 fully saturated rings. The molecule has 1 amide bonds. The van der Waals surface area contributed by atoms with Gasteiger partial charge in [0, 0.05) is 19.7 Å². The van der Waals surface area contributed by atoms with Crippen molar-refractivity contribution in [2.75, 3.05) is 0 Å². The normalized spacial score (nSPS) is 11.0. The average Bonchev–Trinajstić information content (AvgIpc) is 2.75. The predicted molar refractivity (Wildman–Crippen MR) is 129 cm³/mol. The summed E-state index contributed by atoms with van der Waals surface area (Å²) in [5.74, 6) is -0.512. The van der Waals surface area contributed by atoms with Crippen molar-refractivity contribution in [1.29, 1.82) is 0 Å². The first-order valence-corrected chi connectivity index (χ1v) is 10.7. The molecule has 0 heterocycles. The molecule has 3 aromatic rings. The minimum atomic E-state index is -0.515. The second-order valence-corrected chi connectivity index (χ2v) is 8.10. The van der Waals surface area contributed by atoms with E-state index in [0.29, 0.717) is 16.9 Å². The van der Waals surface area contributed by atoms with E-state index in [1.807, 2.05) is 42.5 Å². The molecule has 3 rings (SSSR count). The smallest absolute Gasteiger partial charge is 0.336 e. The number of halogens is 2. The van der Waals surface area contributed by atoms with Crippen molar-refractivity contribution in [2.24, 2.45) is 5.10 Å². The Balaban J connectivity index is 1.69. The molecular weight excluding hydrogens is 559 g/mol. The highest BCUT2D eigenvalue weighted by Gasteiger charge is 2.09. The Hall–Kier alpha value is -2.78. The van der Waals surface area contributed by atoms with Crippen LogP contribution in [0.4, 0.5) is 0 Å². The van der Waals surface area contributed by atoms with Crippen molar-refractivity contribution in [3.05, 3.63) is 104 Å². The SMILES string of the molecule is O=C(/C=C/c1ccccc1)Oc1ccc(Br)cc1/C=N\NC(=O)c1ccccc1I. The maximum absolute atomic E-state index is 12.3. The number of ether oxygens (including phenoxy) is 1. The summed E-state index contributed by atoms with van der Waals surface area (Å²) in [5.41, 5.74) is 4.45. The molecule has 0 bridgehead atoms. The molecule has 0 aliphatic heterocycles. The number of hydrogen-bond acceptors (Lipinski definition) is 4. The van der Waals surface area contributed by atoms with Crippen molar-refractivity contribution in [3.63, 3.8) is 0 Å². The highest BCUT2D eigenvalue weighted by Crippen LogP contribution is 2.22. The quantitative estimate of drug-likeness (QED) is 0.106. The fourth-order valence-electron chi connectivity index (χ4n) is 2.45. The third-order valence-electron chi connectivity index (χ3n) is 3.88. The van der Waals surface area contributed by atoms with Crippen molar-refractivity contribution in [2.45, 2.75) is 0 Å². The number of hydrogen-bond donors (Lipinski definition) is 1. The number of esters is 1. The van der Waals surface area contributed by atoms with Gasteiger partial charge in [-0.1, -0.05) is 58.4 Å². The number of nitrogens with zero attached hydrogens (tertiary/aromatic N) is 1. The maximum Gasteiger partial charge on any atom is 0.336 e. The van der Waals surface area contributed by atoms with E-state index in [0.717, 1.165) is 13.6 Å². The summed E-state index contributed by atoms with van der Waals surface area (Å²) >= 11 is 5.48. The molecule has 7 heteroatoms. The molecule has 0 aliphatic carbocycles. The first-order valence-electron chi connectivity index (χ1n) is 8.85. The number of nitrogens with one attached hydrogen (secondary N) is 1. The van der Waals surface area contributed by atoms with Crippen LogP contribution in [0.5, 0.6) is 5.75 Å². The zero-order chi connectivity index (χ0) is 21.3. The minimum absolute atomic E-state index is 0.324. The molecule has 0 saturated carbocycles. The summed E-state index contributed by atoms with van der Waals surface area (Å²) in [6, 6.07) is 21.8. The van der Waals surface area contributed by atoms with Crippen LogP contribution in [0, 0.1) is 3.57 Å². The lowest BCUT2D eigenvalue weighted by Crippen LogP contribution is -2.18. The highest BCUT2D eigenvalue weighted by atomic mass is 127. The monoisotopic (exact) mass is 574 g/mol. The van der Waals surface area contributed by atoms with Gasteiger partial charge in [0.05, 0.1) is 11.8 Å². The van der Waals surface area contributed by atoms with E-state index < -0.39 is 5.97 Å². The number of rotatable bonds is 6. The molecule has 5 nitrogen and oxygen atoms in total. The molecule has 0 unspecified atom stereocenters. The van der Waals surface area contributed by atoms with E-state index in [2.05, 4.69) is 49.0 Å². The third kappa shape index (κ3) is 6.36. The van der Waals surface area contributed by atoms with Gasteiger partial charge in [-0.15, -0.1) is 0 Å². The standard InChI is InChI=1S/C23H16BrIN2O3/c24-18-11-12-21(30-22(28)13-10-16-6-2-1-3-7-16)17(14-18)15-26-27-23(29)19-8-4-5-9-20(19)25/h1-15H,(H,27,29)/b13-10+,26-15-. The van der Waals surface area contributed by atoms with Gasteiger partial charge in [-0.05, 0) is 64.6 Å². The molecule has 0 radical (unpaired) electrons. The molecule has 3 aromatic carbocycles. The Morgan fingerprint density at radius 1 is 1.00 bits per heavy atom. The van der Waals surface area contributed by atoms with E-state index in [1.54, 1.807) is 36.4 Å². The van der Waals surface area contributed by atoms with Crippen molar-refractivity contribution < 1.29 is 14.3 Å². The zero-order valence-electron chi connectivity index (χ0n) is 15.6. The molecule has 150 valence electrons. The molecule has 0 spiro atoms. The van der Waals surface area contributed by atoms with Gasteiger partial charge in [0.25, 0.3) is 5.91 Å². The molecule has 1 N–H and O–H groups in total. The predicted octanol–water partition coefficient (Wildman–Crippen LogP) is 5.44. The summed E-state index contributed by atoms with van der Waals surface area (Å²) in [6.07, 6.45) is 4.47. The van der Waals surface area contributed by atoms with Crippen molar-refractivity contribution in [1.82, 2.24) is 5.43 Å². The second-order valence-electron chi connectivity index (χ2n) is 6.03. The minimum Gasteiger partial charge on any atom is -0.423 e. The van der Waals surface area contributed by atoms with Crippen molar-refractivity contribution >= 4 is 62.7 Å². The van der Waals surface area contributed by atoms with Crippen LogP contribution in [0.3, 0.4) is 0 Å². The molecule has 0 atom stereocenters. The van der Waals surface area contributed by atoms with E-state index in [1.165, 1.54) is 12.3 Å². The van der Waals surface area contributed by atoms with E-state index >= 15 is 0 Å². The van der Waals surface area contributed by atoms with Crippen LogP contribution in [-0.2, 0) is 4.79 Å². The van der Waals surface area contributed by atoms with Crippen LogP contribution < -0.4 is 10.2 Å². The van der Waals surface area contributed by atoms with Crippen LogP contribution in [0.15, 0.2) is 88.4 Å². The van der Waals surface area contributed by atoms with E-state index in [4.69, 9.17) is 4.74 Å². The van der Waals surface area contributed by atoms with Gasteiger partial charge in [-0.2, -0.15) is 5.10 Å². The number of carbonyl (C=O) groups is 2. The molecule has 0 aromatic heterocycles. The van der Waals surface area contributed by atoms with Crippen LogP contribution in [-0.4, -0.2) is 18.1 Å². The largest absolute Gasteiger partial charge is 0.423 e. The van der Waals surface area contributed by atoms with E-state index in [-0.39, 0.29) is 5.91 Å². The van der Waals surface area contributed by atoms with Crippen LogP contribution in [0.25, 0.3) is 6.08 Å². The van der Waals surface area contributed by atoms with Gasteiger partial charge in [0.1, 0.15) is 5.75 Å². The van der Waals surface area contributed by atoms with Gasteiger partial charge in [0.2, 0.25) is 0 Å². The molecule has 0 saturated heterocycles. The number of hydrazone groups is 1. The lowest BCUT2D eigenvalue weighted by Gasteiger charge is -2.06. The summed E-state index contributed by atoms with van der Waals surface area (Å²) in [7, 11) is 0. The average molecular weight is 575 g/mol. The lowest BCUT2D eigenvalue weighted by molar-refractivity contribution is -0.128. The first-order chi connectivity index (χ1) is 14.5. The summed E-state index contributed by atoms with van der Waals surface area (Å²) < 4.78 is 7.04. The number of amides is 1. The summed E-state index contributed by atoms with van der Waals surface area (Å²) in [6.45, 7) is 0. The number of carbonyl (C=O) groups excluding carboxylic acids is 2. The molecule has 30 heavy (non-hydrogen) atoms. The Morgan fingerprint density at radius 2 is 1.73 bits per heavy atom. The van der Waals surface area contributed by atoms with Gasteiger partial charge in [0.15, 0.2) is 0 Å². The van der Waals surface area contributed by atoms with Crippen LogP contribution >= 0.6 is 38.5 Å². The van der Waals surface area contributed by atoms with E-state index in [9.17, 15) is 9.59 Å². The Morgan fingerprint density at radius 3 is 2.50 bits per heavy atom. The summed E-state index contributed by atoms with van der Waals surface area (Å²) in [4.78, 5) is 24.5. The zero-order valence-corrected chi connectivity index (χ0v) is 19.3. The number of benzene rings is 3. The molecule has 0 aliphatic rings. The Bertz CT molecular complexity index is 1110. The molecular formula is C23H16BrIN2O3. The fraction of sp³-hybridized carbons (Fsp3) is 0. The first kappa shape index (κ1) is 21.9. The highest BCUT2D eigenvalue weighted by molar-refractivity contribution is 14.1. The summed E-state index contributed by atoms with van der Waals surface area (Å²) in [5, 5.41) is 4.00. The maximum atomic E-state index is 12.3. The fourth-order valence-corrected chi connectivity index (χ4v) is 3.46. The topological polar surface area (TPSA) is 67.8 Å². The van der Waals surface area contributed by atoms with Gasteiger partial charge >= 0.3 is 5.97 Å². The van der Waals surface area contributed by atoms with Crippen LogP contribution in [0.2, 0.25) is 0 Å². The lowest BCUT2D eigenvalue weighted by atomic mass is 10.2. The van der Waals surface area contributed by atoms with Crippen LogP contribution in [0.1, 0.15) is 21.5 Å². The van der Waals surface area contributed by atoms with Gasteiger partial charge in [-0.3, -0.25) is 4.79 Å². The van der Waals surface area contributed by atoms with Gasteiger partial charge in [-0.25, -0.2) is 10.2 Å². The Labute approximate surface area is 196 Å². The second kappa shape index (κ2) is 10.8. The van der Waals surface area contributed by atoms with Crippen molar-refractivity contribution in [3.8, 4) is 5.75 Å².